The Morgan fingerprint density at radius 1 is 1.19 bits per heavy atom. The molecule has 0 aliphatic rings. The summed E-state index contributed by atoms with van der Waals surface area (Å²) in [6.45, 7) is 4.06. The lowest BCUT2D eigenvalue weighted by Crippen LogP contribution is -1.77. The highest BCUT2D eigenvalue weighted by Crippen LogP contribution is 2.28. The maximum absolute atomic E-state index is 4.59. The Labute approximate surface area is 97.4 Å². The molecule has 0 radical (unpaired) electrons. The summed E-state index contributed by atoms with van der Waals surface area (Å²) in [5, 5.41) is 1.09. The van der Waals surface area contributed by atoms with Crippen molar-refractivity contribution >= 4 is 17.0 Å². The predicted octanol–water partition coefficient (Wildman–Crippen LogP) is 3.07. The summed E-state index contributed by atoms with van der Waals surface area (Å²) in [7, 11) is 0. The number of hydrogen-bond donors (Lipinski definition) is 0. The molecule has 0 aliphatic heterocycles. The Balaban J connectivity index is 2.22. The predicted molar refractivity (Wildman–Crippen MR) is 65.8 cm³/mol. The summed E-state index contributed by atoms with van der Waals surface area (Å²) in [4.78, 5) is 10.2. The van der Waals surface area contributed by atoms with Gasteiger partial charge in [0.1, 0.15) is 11.3 Å². The van der Waals surface area contributed by atoms with E-state index in [0.717, 1.165) is 22.0 Å². The van der Waals surface area contributed by atoms with Gasteiger partial charge in [0.15, 0.2) is 0 Å². The second kappa shape index (κ2) is 3.42. The highest BCUT2D eigenvalue weighted by atomic mass is 32.1. The second-order valence-electron chi connectivity index (χ2n) is 3.74. The van der Waals surface area contributed by atoms with Gasteiger partial charge in [0.25, 0.3) is 0 Å². The fourth-order valence-electron chi connectivity index (χ4n) is 1.81. The van der Waals surface area contributed by atoms with Crippen LogP contribution in [0.2, 0.25) is 0 Å². The zero-order chi connectivity index (χ0) is 11.1. The van der Waals surface area contributed by atoms with E-state index in [2.05, 4.69) is 16.2 Å². The quantitative estimate of drug-likeness (QED) is 0.642. The lowest BCUT2D eigenvalue weighted by atomic mass is 10.3. The minimum absolute atomic E-state index is 0.975. The van der Waals surface area contributed by atoms with Gasteiger partial charge in [0.2, 0.25) is 0 Å². The van der Waals surface area contributed by atoms with Crippen LogP contribution in [0.1, 0.15) is 10.7 Å². The molecule has 4 heteroatoms. The Morgan fingerprint density at radius 2 is 2.06 bits per heavy atom. The van der Waals surface area contributed by atoms with Crippen molar-refractivity contribution in [3.63, 3.8) is 0 Å². The number of aryl methyl sites for hydroxylation is 2. The Bertz CT molecular complexity index is 618. The number of thiazole rings is 1. The van der Waals surface area contributed by atoms with E-state index >= 15 is 0 Å². The van der Waals surface area contributed by atoms with Gasteiger partial charge in [-0.25, -0.2) is 9.97 Å². The summed E-state index contributed by atoms with van der Waals surface area (Å²) in [5.74, 6) is 0. The smallest absolute Gasteiger partial charge is 0.137 e. The number of fused-ring (bicyclic) bond motifs is 1. The molecular formula is C12H11N3S. The summed E-state index contributed by atoms with van der Waals surface area (Å²) < 4.78 is 2.03. The van der Waals surface area contributed by atoms with Crippen LogP contribution in [0.5, 0.6) is 0 Å². The Morgan fingerprint density at radius 3 is 2.75 bits per heavy atom. The molecule has 0 aromatic carbocycles. The van der Waals surface area contributed by atoms with Crippen molar-refractivity contribution < 1.29 is 0 Å². The van der Waals surface area contributed by atoms with Gasteiger partial charge in [-0.15, -0.1) is 11.3 Å². The summed E-state index contributed by atoms with van der Waals surface area (Å²) in [6, 6.07) is 6.01. The van der Waals surface area contributed by atoms with Crippen LogP contribution in [0.4, 0.5) is 0 Å². The van der Waals surface area contributed by atoms with E-state index in [9.17, 15) is 0 Å². The molecule has 3 heterocycles. The van der Waals surface area contributed by atoms with E-state index in [1.54, 1.807) is 11.3 Å². The molecule has 0 bridgehead atoms. The van der Waals surface area contributed by atoms with E-state index in [4.69, 9.17) is 0 Å². The third-order valence-electron chi connectivity index (χ3n) is 2.50. The number of pyridine rings is 1. The highest BCUT2D eigenvalue weighted by Gasteiger charge is 2.10. The van der Waals surface area contributed by atoms with Gasteiger partial charge in [-0.3, -0.25) is 0 Å². The average molecular weight is 229 g/mol. The lowest BCUT2D eigenvalue weighted by molar-refractivity contribution is 1.19. The van der Waals surface area contributed by atoms with E-state index < -0.39 is 0 Å². The van der Waals surface area contributed by atoms with Crippen LogP contribution >= 0.6 is 11.3 Å². The SMILES string of the molecule is Cc1nc(C)c(-c2cn3ccccc3n2)s1. The van der Waals surface area contributed by atoms with Crippen molar-refractivity contribution in [3.8, 4) is 10.6 Å². The van der Waals surface area contributed by atoms with Crippen LogP contribution in [0.3, 0.4) is 0 Å². The van der Waals surface area contributed by atoms with Crippen LogP contribution < -0.4 is 0 Å². The van der Waals surface area contributed by atoms with Gasteiger partial charge >= 0.3 is 0 Å². The molecule has 3 aromatic heterocycles. The molecule has 0 N–H and O–H groups in total. The molecular weight excluding hydrogens is 218 g/mol. The first-order chi connectivity index (χ1) is 7.74. The lowest BCUT2D eigenvalue weighted by Gasteiger charge is -1.89. The Hall–Kier alpha value is -1.68. The molecule has 80 valence electrons. The van der Waals surface area contributed by atoms with Gasteiger partial charge in [-0.2, -0.15) is 0 Å². The number of imidazole rings is 1. The first-order valence-corrected chi connectivity index (χ1v) is 5.94. The first-order valence-electron chi connectivity index (χ1n) is 5.12. The molecule has 0 atom stereocenters. The number of aromatic nitrogens is 3. The van der Waals surface area contributed by atoms with Gasteiger partial charge < -0.3 is 4.40 Å². The van der Waals surface area contributed by atoms with Gasteiger partial charge in [0.05, 0.1) is 15.6 Å². The van der Waals surface area contributed by atoms with Crippen molar-refractivity contribution in [3.05, 3.63) is 41.3 Å². The minimum atomic E-state index is 0.975. The van der Waals surface area contributed by atoms with E-state index in [1.165, 1.54) is 4.88 Å². The van der Waals surface area contributed by atoms with Crippen LogP contribution in [0, 0.1) is 13.8 Å². The first kappa shape index (κ1) is 9.54. The molecule has 3 nitrogen and oxygen atoms in total. The molecule has 16 heavy (non-hydrogen) atoms. The molecule has 0 unspecified atom stereocenters. The van der Waals surface area contributed by atoms with Crippen LogP contribution in [0.25, 0.3) is 16.2 Å². The maximum atomic E-state index is 4.59. The monoisotopic (exact) mass is 229 g/mol. The van der Waals surface area contributed by atoms with Gasteiger partial charge in [-0.05, 0) is 26.0 Å². The standard InChI is InChI=1S/C12H11N3S/c1-8-12(16-9(2)13-8)10-7-15-6-4-3-5-11(15)14-10/h3-7H,1-2H3. The normalized spacial score (nSPS) is 11.1. The van der Waals surface area contributed by atoms with Crippen molar-refractivity contribution in [2.45, 2.75) is 13.8 Å². The van der Waals surface area contributed by atoms with E-state index in [-0.39, 0.29) is 0 Å². The third-order valence-corrected chi connectivity index (χ3v) is 3.60. The van der Waals surface area contributed by atoms with Gasteiger partial charge in [0, 0.05) is 12.4 Å². The topological polar surface area (TPSA) is 30.2 Å². The van der Waals surface area contributed by atoms with Crippen molar-refractivity contribution in [1.29, 1.82) is 0 Å². The van der Waals surface area contributed by atoms with E-state index in [0.29, 0.717) is 0 Å². The van der Waals surface area contributed by atoms with Crippen LogP contribution in [-0.2, 0) is 0 Å². The molecule has 0 amide bonds. The van der Waals surface area contributed by atoms with Crippen LogP contribution in [-0.4, -0.2) is 14.4 Å². The number of rotatable bonds is 1. The molecule has 0 fully saturated rings. The number of nitrogens with zero attached hydrogens (tertiary/aromatic N) is 3. The van der Waals surface area contributed by atoms with Crippen molar-refractivity contribution in [2.75, 3.05) is 0 Å². The fraction of sp³-hybridized carbons (Fsp3) is 0.167. The van der Waals surface area contributed by atoms with Crippen molar-refractivity contribution in [1.82, 2.24) is 14.4 Å². The molecule has 0 saturated carbocycles. The molecule has 3 rings (SSSR count). The van der Waals surface area contributed by atoms with Crippen molar-refractivity contribution in [2.24, 2.45) is 0 Å². The van der Waals surface area contributed by atoms with E-state index in [1.807, 2.05) is 42.6 Å². The zero-order valence-electron chi connectivity index (χ0n) is 9.14. The molecule has 0 spiro atoms. The fourth-order valence-corrected chi connectivity index (χ4v) is 2.69. The van der Waals surface area contributed by atoms with Gasteiger partial charge in [-0.1, -0.05) is 6.07 Å². The highest BCUT2D eigenvalue weighted by molar-refractivity contribution is 7.15. The van der Waals surface area contributed by atoms with Crippen LogP contribution in [0.15, 0.2) is 30.6 Å². The second-order valence-corrected chi connectivity index (χ2v) is 4.94. The average Bonchev–Trinajstić information content (AvgIpc) is 2.81. The molecule has 3 aromatic rings. The molecule has 0 aliphatic carbocycles. The number of hydrogen-bond acceptors (Lipinski definition) is 3. The summed E-state index contributed by atoms with van der Waals surface area (Å²) in [6.07, 6.45) is 4.06. The summed E-state index contributed by atoms with van der Waals surface area (Å²) >= 11 is 1.70. The summed E-state index contributed by atoms with van der Waals surface area (Å²) in [5.41, 5.74) is 3.04. The third kappa shape index (κ3) is 1.42. The molecule has 0 saturated heterocycles. The maximum Gasteiger partial charge on any atom is 0.137 e. The largest absolute Gasteiger partial charge is 0.306 e. The Kier molecular flexibility index (Phi) is 2.04. The minimum Gasteiger partial charge on any atom is -0.306 e. The zero-order valence-corrected chi connectivity index (χ0v) is 9.95.